The molecule has 0 fully saturated rings. The summed E-state index contributed by atoms with van der Waals surface area (Å²) in [4.78, 5) is 0. The maximum atomic E-state index is 7.00. The van der Waals surface area contributed by atoms with E-state index in [2.05, 4.69) is 0 Å². The van der Waals surface area contributed by atoms with Gasteiger partial charge in [-0.15, -0.1) is 0 Å². The molecule has 0 amide bonds. The van der Waals surface area contributed by atoms with E-state index in [1.165, 1.54) is 0 Å². The maximum Gasteiger partial charge on any atom is 0.0319 e. The van der Waals surface area contributed by atoms with E-state index in [1.54, 1.807) is 0 Å². The molecule has 3 heteroatoms. The zero-order chi connectivity index (χ0) is 4.00. The van der Waals surface area contributed by atoms with E-state index < -0.39 is 0 Å². The van der Waals surface area contributed by atoms with E-state index >= 15 is 0 Å². The average Bonchev–Trinajstić information content (AvgIpc) is 1.50. The summed E-state index contributed by atoms with van der Waals surface area (Å²) in [5, 5.41) is 14.0. The van der Waals surface area contributed by atoms with Crippen LogP contribution in [0.3, 0.4) is 0 Å². The summed E-state index contributed by atoms with van der Waals surface area (Å²) in [7, 11) is 2.00. The predicted molar refractivity (Wildman–Crippen MR) is 22.7 cm³/mol. The maximum absolute atomic E-state index is 7.00. The molecule has 0 saturated heterocycles. The molecule has 0 radical (unpaired) electrons. The van der Waals surface area contributed by atoms with Crippen molar-refractivity contribution >= 4 is 0 Å². The van der Waals surface area contributed by atoms with Gasteiger partial charge < -0.3 is 17.6 Å². The molecule has 0 rings (SSSR count). The molecule has 0 bridgehead atoms. The molecule has 0 atom stereocenters. The number of hydrogen-bond acceptors (Lipinski definition) is 2. The van der Waals surface area contributed by atoms with Crippen molar-refractivity contribution < 1.29 is 36.4 Å². The minimum atomic E-state index is 0. The van der Waals surface area contributed by atoms with Crippen LogP contribution in [-0.2, 0) is 26.2 Å². The fraction of sp³-hybridized carbons (Fsp3) is 0.667. The van der Waals surface area contributed by atoms with E-state index in [1.807, 2.05) is 0 Å². The minimum Gasteiger partial charge on any atom is -0.400 e. The van der Waals surface area contributed by atoms with Gasteiger partial charge in [-0.25, -0.2) is 0 Å². The zero-order valence-corrected chi connectivity index (χ0v) is 6.85. The van der Waals surface area contributed by atoms with E-state index in [-0.39, 0.29) is 33.6 Å². The van der Waals surface area contributed by atoms with Gasteiger partial charge in [0.15, 0.2) is 0 Å². The normalized spacial score (nSPS) is 2.00. The summed E-state index contributed by atoms with van der Waals surface area (Å²) in [6.07, 6.45) is 0. The van der Waals surface area contributed by atoms with Gasteiger partial charge in [0.25, 0.3) is 0 Å². The van der Waals surface area contributed by atoms with Crippen molar-refractivity contribution in [2.45, 2.75) is 0 Å². The van der Waals surface area contributed by atoms with Gasteiger partial charge in [0, 0.05) is 40.4 Å². The van der Waals surface area contributed by atoms with E-state index in [0.717, 1.165) is 14.2 Å². The third kappa shape index (κ3) is 108. The molecule has 0 unspecified atom stereocenters. The van der Waals surface area contributed by atoms with Crippen LogP contribution in [-0.4, -0.2) is 24.4 Å². The molecule has 0 aromatic rings. The van der Waals surface area contributed by atoms with E-state index in [4.69, 9.17) is 10.2 Å². The molecule has 2 nitrogen and oxygen atoms in total. The summed E-state index contributed by atoms with van der Waals surface area (Å²) >= 11 is 0. The molecule has 0 aliphatic heterocycles. The zero-order valence-electron chi connectivity index (χ0n) is 4.39. The first-order chi connectivity index (χ1) is 2.00. The number of aliphatic hydroxyl groups excluding tert-OH is 2. The fourth-order valence-corrected chi connectivity index (χ4v) is 0. The van der Waals surface area contributed by atoms with Gasteiger partial charge in [-0.3, -0.25) is 0 Å². The first-order valence-electron chi connectivity index (χ1n) is 0.894. The second-order valence-corrected chi connectivity index (χ2v) is 0. The van der Waals surface area contributed by atoms with E-state index in [9.17, 15) is 0 Å². The van der Waals surface area contributed by atoms with Gasteiger partial charge in [-0.1, -0.05) is 0 Å². The molecule has 0 heterocycles. The van der Waals surface area contributed by atoms with Crippen LogP contribution in [0, 0.1) is 7.43 Å². The van der Waals surface area contributed by atoms with Crippen molar-refractivity contribution in [3.63, 3.8) is 0 Å². The molecule has 2 N–H and O–H groups in total. The Labute approximate surface area is 58.3 Å². The second-order valence-electron chi connectivity index (χ2n) is 0. The van der Waals surface area contributed by atoms with Gasteiger partial charge in [-0.2, -0.15) is 0 Å². The molecule has 6 heavy (non-hydrogen) atoms. The van der Waals surface area contributed by atoms with Crippen molar-refractivity contribution in [1.82, 2.24) is 0 Å². The van der Waals surface area contributed by atoms with Crippen LogP contribution in [0.4, 0.5) is 0 Å². The molecule has 40 valence electrons. The van der Waals surface area contributed by atoms with Gasteiger partial charge in [0.1, 0.15) is 0 Å². The Morgan fingerprint density at radius 1 is 0.833 bits per heavy atom. The molecule has 0 aliphatic rings. The summed E-state index contributed by atoms with van der Waals surface area (Å²) in [5.41, 5.74) is 0. The Morgan fingerprint density at radius 3 is 0.833 bits per heavy atom. The standard InChI is InChI=1S/2CH4O.CH3.Zr/c2*1-2;;/h2*2H,1H3;1H3;/q;;-1;. The molecular weight excluding hydrogens is 159 g/mol. The van der Waals surface area contributed by atoms with Crippen molar-refractivity contribution in [2.75, 3.05) is 14.2 Å². The van der Waals surface area contributed by atoms with Crippen LogP contribution < -0.4 is 0 Å². The number of aliphatic hydroxyl groups is 2. The Bertz CT molecular complexity index is 8.75. The quantitative estimate of drug-likeness (QED) is 0.489. The molecule has 0 aromatic heterocycles. The molecule has 0 spiro atoms. The first kappa shape index (κ1) is 29.2. The molecule has 0 saturated carbocycles. The summed E-state index contributed by atoms with van der Waals surface area (Å²) in [5.74, 6) is 0. The number of rotatable bonds is 0. The average molecular weight is 170 g/mol. The van der Waals surface area contributed by atoms with Crippen LogP contribution >= 0.6 is 0 Å². The van der Waals surface area contributed by atoms with Gasteiger partial charge in [0.2, 0.25) is 0 Å². The first-order valence-corrected chi connectivity index (χ1v) is 0.894. The van der Waals surface area contributed by atoms with Crippen LogP contribution in [0.15, 0.2) is 0 Å². The Hall–Kier alpha value is 0.803. The second kappa shape index (κ2) is 208. The SMILES string of the molecule is CO.CO.[CH3-].[Zr]. The topological polar surface area (TPSA) is 40.5 Å². The van der Waals surface area contributed by atoms with Gasteiger partial charge >= 0.3 is 0 Å². The van der Waals surface area contributed by atoms with E-state index in [0.29, 0.717) is 0 Å². The van der Waals surface area contributed by atoms with Crippen molar-refractivity contribution in [3.8, 4) is 0 Å². The third-order valence-electron chi connectivity index (χ3n) is 0. The predicted octanol–water partition coefficient (Wildman–Crippen LogP) is -0.335. The third-order valence-corrected chi connectivity index (χ3v) is 0. The van der Waals surface area contributed by atoms with Gasteiger partial charge in [-0.05, 0) is 0 Å². The van der Waals surface area contributed by atoms with Crippen LogP contribution in [0.2, 0.25) is 0 Å². The summed E-state index contributed by atoms with van der Waals surface area (Å²) in [6, 6.07) is 0. The summed E-state index contributed by atoms with van der Waals surface area (Å²) in [6.45, 7) is 0. The molecular formula is C3H11O2Zr-. The van der Waals surface area contributed by atoms with Crippen molar-refractivity contribution in [3.05, 3.63) is 7.43 Å². The fourth-order valence-electron chi connectivity index (χ4n) is 0. The number of hydrogen-bond donors (Lipinski definition) is 2. The Balaban J connectivity index is -0.00000000500. The van der Waals surface area contributed by atoms with Crippen molar-refractivity contribution in [2.24, 2.45) is 0 Å². The van der Waals surface area contributed by atoms with Crippen LogP contribution in [0.25, 0.3) is 0 Å². The summed E-state index contributed by atoms with van der Waals surface area (Å²) < 4.78 is 0. The largest absolute Gasteiger partial charge is 0.400 e. The minimum absolute atomic E-state index is 0. The van der Waals surface area contributed by atoms with Crippen LogP contribution in [0.5, 0.6) is 0 Å². The molecule has 0 aliphatic carbocycles. The van der Waals surface area contributed by atoms with Crippen LogP contribution in [0.1, 0.15) is 0 Å². The molecule has 0 aromatic carbocycles. The van der Waals surface area contributed by atoms with Gasteiger partial charge in [0.05, 0.1) is 0 Å². The Kier molecular flexibility index (Phi) is 1010. The monoisotopic (exact) mass is 169 g/mol. The smallest absolute Gasteiger partial charge is 0.0319 e. The Morgan fingerprint density at radius 2 is 0.833 bits per heavy atom. The van der Waals surface area contributed by atoms with Crippen molar-refractivity contribution in [1.29, 1.82) is 0 Å².